The molecule has 0 bridgehead atoms. The lowest BCUT2D eigenvalue weighted by atomic mass is 10.2. The Morgan fingerprint density at radius 3 is 2.47 bits per heavy atom. The first-order valence-corrected chi connectivity index (χ1v) is 5.07. The Balaban J connectivity index is 2.09. The summed E-state index contributed by atoms with van der Waals surface area (Å²) in [6.45, 7) is 6.90. The minimum atomic E-state index is -0.649. The van der Waals surface area contributed by atoms with E-state index in [1.165, 1.54) is 6.92 Å². The summed E-state index contributed by atoms with van der Waals surface area (Å²) in [7, 11) is 0. The van der Waals surface area contributed by atoms with Crippen LogP contribution in [0.2, 0.25) is 0 Å². The van der Waals surface area contributed by atoms with E-state index in [1.54, 1.807) is 0 Å². The molecule has 2 heterocycles. The van der Waals surface area contributed by atoms with Crippen molar-refractivity contribution in [3.63, 3.8) is 0 Å². The zero-order valence-electron chi connectivity index (χ0n) is 9.35. The summed E-state index contributed by atoms with van der Waals surface area (Å²) in [6.07, 6.45) is -1.26. The van der Waals surface area contributed by atoms with Gasteiger partial charge in [-0.15, -0.1) is 0 Å². The number of esters is 1. The monoisotopic (exact) mass is 216 g/mol. The predicted octanol–water partition coefficient (Wildman–Crippen LogP) is 0.814. The second-order valence-electron chi connectivity index (χ2n) is 4.38. The minimum Gasteiger partial charge on any atom is -0.433 e. The Morgan fingerprint density at radius 1 is 1.27 bits per heavy atom. The molecular formula is C10H16O5. The maximum Gasteiger partial charge on any atom is 0.305 e. The molecule has 0 amide bonds. The number of hydrogen-bond acceptors (Lipinski definition) is 5. The quantitative estimate of drug-likeness (QED) is 0.607. The first kappa shape index (κ1) is 10.9. The van der Waals surface area contributed by atoms with Crippen LogP contribution in [0.25, 0.3) is 0 Å². The van der Waals surface area contributed by atoms with Gasteiger partial charge in [-0.2, -0.15) is 0 Å². The molecule has 3 unspecified atom stereocenters. The molecule has 0 N–H and O–H groups in total. The van der Waals surface area contributed by atoms with E-state index >= 15 is 0 Å². The van der Waals surface area contributed by atoms with Crippen LogP contribution in [0.4, 0.5) is 0 Å². The van der Waals surface area contributed by atoms with Crippen LogP contribution < -0.4 is 0 Å². The van der Waals surface area contributed by atoms with Gasteiger partial charge < -0.3 is 18.9 Å². The predicted molar refractivity (Wildman–Crippen MR) is 49.9 cm³/mol. The highest BCUT2D eigenvalue weighted by Crippen LogP contribution is 2.38. The molecule has 0 aliphatic carbocycles. The van der Waals surface area contributed by atoms with E-state index in [0.29, 0.717) is 0 Å². The molecule has 2 aliphatic heterocycles. The number of hydrogen-bond donors (Lipinski definition) is 0. The zero-order chi connectivity index (χ0) is 11.2. The fraction of sp³-hybridized carbons (Fsp3) is 0.900. The molecule has 0 saturated carbocycles. The molecule has 2 rings (SSSR count). The van der Waals surface area contributed by atoms with E-state index in [0.717, 1.165) is 0 Å². The van der Waals surface area contributed by atoms with Gasteiger partial charge in [0, 0.05) is 6.92 Å². The normalized spacial score (nSPS) is 42.7. The summed E-state index contributed by atoms with van der Waals surface area (Å²) >= 11 is 0. The molecule has 5 heteroatoms. The lowest BCUT2D eigenvalue weighted by Gasteiger charge is -2.22. The number of carbonyl (C=O) groups excluding carboxylic acids is 1. The van der Waals surface area contributed by atoms with Crippen molar-refractivity contribution in [2.45, 2.75) is 58.1 Å². The van der Waals surface area contributed by atoms with Crippen molar-refractivity contribution < 1.29 is 23.7 Å². The number of rotatable bonds is 1. The highest BCUT2D eigenvalue weighted by Gasteiger charge is 2.55. The molecule has 2 fully saturated rings. The summed E-state index contributed by atoms with van der Waals surface area (Å²) in [5, 5.41) is 0. The second-order valence-corrected chi connectivity index (χ2v) is 4.38. The second kappa shape index (κ2) is 3.43. The smallest absolute Gasteiger partial charge is 0.305 e. The fourth-order valence-corrected chi connectivity index (χ4v) is 2.02. The van der Waals surface area contributed by atoms with Gasteiger partial charge in [-0.3, -0.25) is 4.79 Å². The third-order valence-electron chi connectivity index (χ3n) is 2.53. The number of carbonyl (C=O) groups is 1. The van der Waals surface area contributed by atoms with Gasteiger partial charge in [-0.05, 0) is 20.8 Å². The van der Waals surface area contributed by atoms with Crippen molar-refractivity contribution in [3.05, 3.63) is 0 Å². The Labute approximate surface area is 88.6 Å². The van der Waals surface area contributed by atoms with Crippen LogP contribution >= 0.6 is 0 Å². The van der Waals surface area contributed by atoms with Crippen molar-refractivity contribution in [2.75, 3.05) is 0 Å². The van der Waals surface area contributed by atoms with Crippen LogP contribution in [0.1, 0.15) is 27.7 Å². The van der Waals surface area contributed by atoms with Gasteiger partial charge in [0.1, 0.15) is 6.10 Å². The molecule has 0 aromatic heterocycles. The summed E-state index contributed by atoms with van der Waals surface area (Å²) in [5.74, 6) is -1.01. The number of ether oxygens (including phenoxy) is 4. The van der Waals surface area contributed by atoms with E-state index < -0.39 is 12.1 Å². The molecule has 0 spiro atoms. The molecule has 5 nitrogen and oxygen atoms in total. The van der Waals surface area contributed by atoms with Crippen LogP contribution in [0.5, 0.6) is 0 Å². The lowest BCUT2D eigenvalue weighted by Crippen LogP contribution is -2.32. The van der Waals surface area contributed by atoms with Crippen molar-refractivity contribution >= 4 is 5.97 Å². The van der Waals surface area contributed by atoms with Gasteiger partial charge in [0.2, 0.25) is 6.29 Å². The highest BCUT2D eigenvalue weighted by atomic mass is 16.8. The summed E-state index contributed by atoms with van der Waals surface area (Å²) in [5.41, 5.74) is 0. The molecule has 15 heavy (non-hydrogen) atoms. The molecule has 0 radical (unpaired) electrons. The molecule has 2 saturated heterocycles. The van der Waals surface area contributed by atoms with Gasteiger partial charge in [0.15, 0.2) is 11.9 Å². The zero-order valence-corrected chi connectivity index (χ0v) is 9.35. The molecule has 0 aromatic carbocycles. The van der Waals surface area contributed by atoms with Crippen molar-refractivity contribution in [2.24, 2.45) is 0 Å². The van der Waals surface area contributed by atoms with Gasteiger partial charge in [0.25, 0.3) is 0 Å². The minimum absolute atomic E-state index is 0.124. The van der Waals surface area contributed by atoms with E-state index in [1.807, 2.05) is 20.8 Å². The summed E-state index contributed by atoms with van der Waals surface area (Å²) in [4.78, 5) is 10.9. The average molecular weight is 216 g/mol. The van der Waals surface area contributed by atoms with Crippen molar-refractivity contribution in [3.8, 4) is 0 Å². The lowest BCUT2D eigenvalue weighted by molar-refractivity contribution is -0.229. The van der Waals surface area contributed by atoms with E-state index in [2.05, 4.69) is 0 Å². The van der Waals surface area contributed by atoms with E-state index in [4.69, 9.17) is 18.9 Å². The SMILES string of the molecule is CC(=O)OC1OC(C)[C@H]2OC(C)(C)OC12. The highest BCUT2D eigenvalue weighted by molar-refractivity contribution is 5.66. The van der Waals surface area contributed by atoms with Crippen LogP contribution in [-0.4, -0.2) is 36.4 Å². The molecule has 0 aromatic rings. The van der Waals surface area contributed by atoms with Crippen LogP contribution in [0.3, 0.4) is 0 Å². The summed E-state index contributed by atoms with van der Waals surface area (Å²) < 4.78 is 21.8. The molecule has 4 atom stereocenters. The van der Waals surface area contributed by atoms with E-state index in [9.17, 15) is 4.79 Å². The Morgan fingerprint density at radius 2 is 1.87 bits per heavy atom. The maximum absolute atomic E-state index is 10.9. The van der Waals surface area contributed by atoms with Gasteiger partial charge >= 0.3 is 5.97 Å². The van der Waals surface area contributed by atoms with Gasteiger partial charge in [-0.25, -0.2) is 0 Å². The van der Waals surface area contributed by atoms with Crippen LogP contribution in [0, 0.1) is 0 Å². The Hall–Kier alpha value is -0.650. The number of fused-ring (bicyclic) bond motifs is 1. The maximum atomic E-state index is 10.9. The first-order chi connectivity index (χ1) is 6.89. The average Bonchev–Trinajstić information content (AvgIpc) is 2.49. The molecule has 2 aliphatic rings. The Bertz CT molecular complexity index is 275. The van der Waals surface area contributed by atoms with Crippen molar-refractivity contribution in [1.29, 1.82) is 0 Å². The van der Waals surface area contributed by atoms with E-state index in [-0.39, 0.29) is 24.3 Å². The van der Waals surface area contributed by atoms with Crippen LogP contribution in [0.15, 0.2) is 0 Å². The largest absolute Gasteiger partial charge is 0.433 e. The first-order valence-electron chi connectivity index (χ1n) is 5.07. The van der Waals surface area contributed by atoms with Gasteiger partial charge in [-0.1, -0.05) is 0 Å². The molecular weight excluding hydrogens is 200 g/mol. The van der Waals surface area contributed by atoms with Gasteiger partial charge in [0.05, 0.1) is 6.10 Å². The Kier molecular flexibility index (Phi) is 2.48. The third-order valence-corrected chi connectivity index (χ3v) is 2.53. The third kappa shape index (κ3) is 2.00. The fourth-order valence-electron chi connectivity index (χ4n) is 2.02. The van der Waals surface area contributed by atoms with Crippen LogP contribution in [-0.2, 0) is 23.7 Å². The summed E-state index contributed by atoms with van der Waals surface area (Å²) in [6, 6.07) is 0. The van der Waals surface area contributed by atoms with Crippen molar-refractivity contribution in [1.82, 2.24) is 0 Å². The molecule has 86 valence electrons. The standard InChI is InChI=1S/C10H16O5/c1-5-7-8(15-10(3,4)14-7)9(12-5)13-6(2)11/h5,7-9H,1-4H3/t5?,7-,8?,9?/m1/s1. The topological polar surface area (TPSA) is 54.0 Å².